The number of carbonyl (C=O) groups excluding carboxylic acids is 1. The number of rotatable bonds is 7. The topological polar surface area (TPSA) is 75.6 Å². The molecule has 1 amide bonds. The van der Waals surface area contributed by atoms with Crippen LogP contribution in [0.2, 0.25) is 0 Å². The van der Waals surface area contributed by atoms with Crippen molar-refractivity contribution in [3.05, 3.63) is 28.7 Å². The van der Waals surface area contributed by atoms with Gasteiger partial charge >= 0.3 is 5.97 Å². The molecule has 1 atom stereocenters. The van der Waals surface area contributed by atoms with Gasteiger partial charge in [-0.1, -0.05) is 28.9 Å². The van der Waals surface area contributed by atoms with Crippen LogP contribution in [-0.2, 0) is 9.59 Å². The number of ether oxygens (including phenoxy) is 1. The van der Waals surface area contributed by atoms with Crippen LogP contribution in [0.5, 0.6) is 5.75 Å². The fourth-order valence-electron chi connectivity index (χ4n) is 1.40. The highest BCUT2D eigenvalue weighted by Gasteiger charge is 2.31. The Labute approximate surface area is 126 Å². The zero-order valence-corrected chi connectivity index (χ0v) is 13.1. The second-order valence-corrected chi connectivity index (χ2v) is 5.66. The molecule has 0 saturated heterocycles. The van der Waals surface area contributed by atoms with Crippen LogP contribution in [0, 0.1) is 5.41 Å². The van der Waals surface area contributed by atoms with E-state index in [1.807, 2.05) is 6.07 Å². The first-order valence-electron chi connectivity index (χ1n) is 6.26. The van der Waals surface area contributed by atoms with E-state index >= 15 is 0 Å². The molecule has 1 unspecified atom stereocenters. The van der Waals surface area contributed by atoms with Crippen LogP contribution in [0.1, 0.15) is 20.3 Å². The molecule has 2 N–H and O–H groups in total. The summed E-state index contributed by atoms with van der Waals surface area (Å²) >= 11 is 3.31. The molecule has 0 fully saturated rings. The van der Waals surface area contributed by atoms with E-state index in [-0.39, 0.29) is 19.1 Å². The lowest BCUT2D eigenvalue weighted by molar-refractivity contribution is -0.148. The molecule has 1 aromatic carbocycles. The van der Waals surface area contributed by atoms with Gasteiger partial charge in [-0.15, -0.1) is 0 Å². The van der Waals surface area contributed by atoms with Gasteiger partial charge in [-0.2, -0.15) is 0 Å². The van der Waals surface area contributed by atoms with Gasteiger partial charge in [0.25, 0.3) is 5.91 Å². The molecule has 20 heavy (non-hydrogen) atoms. The Kier molecular flexibility index (Phi) is 6.01. The summed E-state index contributed by atoms with van der Waals surface area (Å²) in [5.41, 5.74) is -0.953. The molecule has 0 saturated carbocycles. The number of nitrogens with one attached hydrogen (secondary N) is 1. The first kappa shape index (κ1) is 16.5. The molecule has 1 aromatic rings. The molecular formula is C14H18BrNO4. The van der Waals surface area contributed by atoms with E-state index in [1.54, 1.807) is 32.0 Å². The Morgan fingerprint density at radius 1 is 1.45 bits per heavy atom. The second kappa shape index (κ2) is 7.28. The smallest absolute Gasteiger partial charge is 0.311 e. The quantitative estimate of drug-likeness (QED) is 0.797. The van der Waals surface area contributed by atoms with Crippen LogP contribution in [0.3, 0.4) is 0 Å². The molecule has 0 bridgehead atoms. The third-order valence-corrected chi connectivity index (χ3v) is 3.63. The largest absolute Gasteiger partial charge is 0.484 e. The van der Waals surface area contributed by atoms with E-state index in [0.29, 0.717) is 12.2 Å². The molecule has 0 aliphatic heterocycles. The lowest BCUT2D eigenvalue weighted by Crippen LogP contribution is -2.42. The highest BCUT2D eigenvalue weighted by molar-refractivity contribution is 9.10. The van der Waals surface area contributed by atoms with Crippen molar-refractivity contribution in [2.45, 2.75) is 20.3 Å². The first-order chi connectivity index (χ1) is 9.37. The Morgan fingerprint density at radius 2 is 2.15 bits per heavy atom. The molecular weight excluding hydrogens is 326 g/mol. The van der Waals surface area contributed by atoms with Crippen molar-refractivity contribution < 1.29 is 19.4 Å². The van der Waals surface area contributed by atoms with Crippen molar-refractivity contribution in [1.82, 2.24) is 5.32 Å². The molecule has 0 aliphatic carbocycles. The summed E-state index contributed by atoms with van der Waals surface area (Å²) in [5, 5.41) is 11.7. The molecule has 6 heteroatoms. The summed E-state index contributed by atoms with van der Waals surface area (Å²) in [4.78, 5) is 22.7. The number of halogens is 1. The predicted octanol–water partition coefficient (Wildman–Crippen LogP) is 2.45. The van der Waals surface area contributed by atoms with Crippen molar-refractivity contribution in [1.29, 1.82) is 0 Å². The molecule has 0 aromatic heterocycles. The number of hydrogen-bond donors (Lipinski definition) is 2. The number of benzene rings is 1. The Morgan fingerprint density at radius 3 is 2.70 bits per heavy atom. The maximum absolute atomic E-state index is 11.6. The monoisotopic (exact) mass is 343 g/mol. The zero-order chi connectivity index (χ0) is 15.2. The molecule has 0 spiro atoms. The number of carbonyl (C=O) groups is 2. The Bertz CT molecular complexity index is 492. The summed E-state index contributed by atoms with van der Waals surface area (Å²) in [6.07, 6.45) is 0.440. The van der Waals surface area contributed by atoms with E-state index in [2.05, 4.69) is 21.2 Å². The first-order valence-corrected chi connectivity index (χ1v) is 7.05. The van der Waals surface area contributed by atoms with Gasteiger partial charge in [0.2, 0.25) is 0 Å². The number of carboxylic acids is 1. The average molecular weight is 344 g/mol. The molecule has 110 valence electrons. The Balaban J connectivity index is 2.43. The number of hydrogen-bond acceptors (Lipinski definition) is 3. The minimum atomic E-state index is -0.953. The van der Waals surface area contributed by atoms with E-state index in [9.17, 15) is 9.59 Å². The van der Waals surface area contributed by atoms with Crippen molar-refractivity contribution in [2.24, 2.45) is 5.41 Å². The van der Waals surface area contributed by atoms with Crippen LogP contribution >= 0.6 is 15.9 Å². The normalized spacial score (nSPS) is 13.3. The van der Waals surface area contributed by atoms with Gasteiger partial charge in [-0.25, -0.2) is 0 Å². The van der Waals surface area contributed by atoms with E-state index < -0.39 is 11.4 Å². The molecule has 5 nitrogen and oxygen atoms in total. The Hall–Kier alpha value is -1.56. The number of carboxylic acid groups (broad SMARTS) is 1. The standard InChI is InChI=1S/C14H18BrNO4/c1-3-14(2,13(18)19)9-16-12(17)8-20-11-6-4-5-10(15)7-11/h4-7H,3,8-9H2,1-2H3,(H,16,17)(H,18,19). The van der Waals surface area contributed by atoms with Crippen LogP contribution < -0.4 is 10.1 Å². The lowest BCUT2D eigenvalue weighted by Gasteiger charge is -2.23. The van der Waals surface area contributed by atoms with E-state index in [1.165, 1.54) is 0 Å². The van der Waals surface area contributed by atoms with Gasteiger partial charge in [0, 0.05) is 11.0 Å². The van der Waals surface area contributed by atoms with Crippen LogP contribution in [0.25, 0.3) is 0 Å². The molecule has 0 aliphatic rings. The maximum Gasteiger partial charge on any atom is 0.311 e. The van der Waals surface area contributed by atoms with Crippen molar-refractivity contribution >= 4 is 27.8 Å². The van der Waals surface area contributed by atoms with Crippen molar-refractivity contribution in [2.75, 3.05) is 13.2 Å². The summed E-state index contributed by atoms with van der Waals surface area (Å²) in [7, 11) is 0. The van der Waals surface area contributed by atoms with Gasteiger partial charge in [0.05, 0.1) is 5.41 Å². The number of amides is 1. The van der Waals surface area contributed by atoms with Gasteiger partial charge in [0.1, 0.15) is 5.75 Å². The van der Waals surface area contributed by atoms with Crippen LogP contribution in [-0.4, -0.2) is 30.1 Å². The fourth-order valence-corrected chi connectivity index (χ4v) is 1.78. The van der Waals surface area contributed by atoms with E-state index in [4.69, 9.17) is 9.84 Å². The lowest BCUT2D eigenvalue weighted by atomic mass is 9.88. The van der Waals surface area contributed by atoms with Gasteiger partial charge in [0.15, 0.2) is 6.61 Å². The second-order valence-electron chi connectivity index (χ2n) is 4.74. The third-order valence-electron chi connectivity index (χ3n) is 3.14. The van der Waals surface area contributed by atoms with Gasteiger partial charge < -0.3 is 15.2 Å². The van der Waals surface area contributed by atoms with Crippen LogP contribution in [0.15, 0.2) is 28.7 Å². The maximum atomic E-state index is 11.6. The predicted molar refractivity (Wildman–Crippen MR) is 78.7 cm³/mol. The van der Waals surface area contributed by atoms with Crippen molar-refractivity contribution in [3.8, 4) is 5.75 Å². The van der Waals surface area contributed by atoms with Crippen LogP contribution in [0.4, 0.5) is 0 Å². The SMILES string of the molecule is CCC(C)(CNC(=O)COc1cccc(Br)c1)C(=O)O. The zero-order valence-electron chi connectivity index (χ0n) is 11.5. The summed E-state index contributed by atoms with van der Waals surface area (Å²) in [6.45, 7) is 3.32. The highest BCUT2D eigenvalue weighted by atomic mass is 79.9. The summed E-state index contributed by atoms with van der Waals surface area (Å²) in [5.74, 6) is -0.690. The molecule has 0 radical (unpaired) electrons. The fraction of sp³-hybridized carbons (Fsp3) is 0.429. The summed E-state index contributed by atoms with van der Waals surface area (Å²) < 4.78 is 6.18. The van der Waals surface area contributed by atoms with Crippen molar-refractivity contribution in [3.63, 3.8) is 0 Å². The highest BCUT2D eigenvalue weighted by Crippen LogP contribution is 2.20. The van der Waals surface area contributed by atoms with Gasteiger partial charge in [-0.3, -0.25) is 9.59 Å². The molecule has 0 heterocycles. The average Bonchev–Trinajstić information content (AvgIpc) is 2.42. The minimum Gasteiger partial charge on any atom is -0.484 e. The van der Waals surface area contributed by atoms with Gasteiger partial charge in [-0.05, 0) is 31.5 Å². The minimum absolute atomic E-state index is 0.0828. The van der Waals surface area contributed by atoms with E-state index in [0.717, 1.165) is 4.47 Å². The molecule has 1 rings (SSSR count). The third kappa shape index (κ3) is 4.85. The summed E-state index contributed by atoms with van der Waals surface area (Å²) in [6, 6.07) is 7.15. The number of aliphatic carboxylic acids is 1.